The standard InChI is InChI=1S/C60H40N2/c1-5-15-41(16-6-1)45-23-13-25-51(35-45)61-57-33-29-47(43-19-9-3-10-20-43)37-55(57)53-31-27-49(39-59(53)61)50-28-32-54-56-38-48(44-21-11-4-12-22-44)30-34-58(56)62(60(54)40-50)52-26-14-24-46(36-52)42-17-7-2-8-18-42/h1-40H. The third-order valence-electron chi connectivity index (χ3n) is 12.5. The molecule has 0 atom stereocenters. The molecule has 12 aromatic rings. The Labute approximate surface area is 360 Å². The van der Waals surface area contributed by atoms with Crippen molar-refractivity contribution in [1.29, 1.82) is 0 Å². The van der Waals surface area contributed by atoms with E-state index in [1.54, 1.807) is 0 Å². The molecule has 2 heteroatoms. The monoisotopic (exact) mass is 788 g/mol. The van der Waals surface area contributed by atoms with Crippen molar-refractivity contribution in [2.24, 2.45) is 0 Å². The van der Waals surface area contributed by atoms with Gasteiger partial charge in [0.1, 0.15) is 0 Å². The average molecular weight is 789 g/mol. The molecule has 2 heterocycles. The average Bonchev–Trinajstić information content (AvgIpc) is 3.86. The lowest BCUT2D eigenvalue weighted by atomic mass is 9.99. The van der Waals surface area contributed by atoms with Crippen molar-refractivity contribution >= 4 is 43.6 Å². The highest BCUT2D eigenvalue weighted by atomic mass is 15.0. The van der Waals surface area contributed by atoms with Crippen LogP contribution in [0.5, 0.6) is 0 Å². The maximum atomic E-state index is 2.45. The predicted molar refractivity (Wildman–Crippen MR) is 262 cm³/mol. The van der Waals surface area contributed by atoms with Gasteiger partial charge in [-0.3, -0.25) is 0 Å². The summed E-state index contributed by atoms with van der Waals surface area (Å²) in [5, 5.41) is 4.93. The fraction of sp³-hybridized carbons (Fsp3) is 0. The van der Waals surface area contributed by atoms with E-state index in [0.29, 0.717) is 0 Å². The minimum atomic E-state index is 1.14. The molecule has 0 aliphatic heterocycles. The molecular weight excluding hydrogens is 749 g/mol. The highest BCUT2D eigenvalue weighted by molar-refractivity contribution is 6.13. The molecule has 2 nitrogen and oxygen atoms in total. The molecule has 0 amide bonds. The van der Waals surface area contributed by atoms with Crippen molar-refractivity contribution in [3.05, 3.63) is 243 Å². The summed E-state index contributed by atoms with van der Waals surface area (Å²) < 4.78 is 4.90. The van der Waals surface area contributed by atoms with E-state index in [1.165, 1.54) is 99.2 Å². The summed E-state index contributed by atoms with van der Waals surface area (Å²) in [4.78, 5) is 0. The van der Waals surface area contributed by atoms with E-state index >= 15 is 0 Å². The number of rotatable bonds is 7. The number of fused-ring (bicyclic) bond motifs is 6. The van der Waals surface area contributed by atoms with Crippen LogP contribution in [0.4, 0.5) is 0 Å². The maximum Gasteiger partial charge on any atom is 0.0547 e. The number of hydrogen-bond acceptors (Lipinski definition) is 0. The van der Waals surface area contributed by atoms with Crippen LogP contribution in [-0.2, 0) is 0 Å². The Hall–Kier alpha value is -8.20. The zero-order valence-corrected chi connectivity index (χ0v) is 34.0. The third-order valence-corrected chi connectivity index (χ3v) is 12.5. The van der Waals surface area contributed by atoms with E-state index in [0.717, 1.165) is 11.4 Å². The summed E-state index contributed by atoms with van der Waals surface area (Å²) in [5.74, 6) is 0. The Kier molecular flexibility index (Phi) is 8.53. The van der Waals surface area contributed by atoms with Crippen molar-refractivity contribution in [3.63, 3.8) is 0 Å². The molecule has 0 bridgehead atoms. The fourth-order valence-electron chi connectivity index (χ4n) is 9.49. The molecule has 0 unspecified atom stereocenters. The van der Waals surface area contributed by atoms with Gasteiger partial charge < -0.3 is 9.13 Å². The van der Waals surface area contributed by atoms with E-state index < -0.39 is 0 Å². The molecule has 0 saturated carbocycles. The Morgan fingerprint density at radius 1 is 0.177 bits per heavy atom. The van der Waals surface area contributed by atoms with Gasteiger partial charge in [0, 0.05) is 32.9 Å². The highest BCUT2D eigenvalue weighted by Gasteiger charge is 2.18. The topological polar surface area (TPSA) is 9.86 Å². The van der Waals surface area contributed by atoms with Crippen molar-refractivity contribution in [2.75, 3.05) is 0 Å². The van der Waals surface area contributed by atoms with Gasteiger partial charge in [-0.25, -0.2) is 0 Å². The summed E-state index contributed by atoms with van der Waals surface area (Å²) in [7, 11) is 0. The quantitative estimate of drug-likeness (QED) is 0.152. The lowest BCUT2D eigenvalue weighted by Crippen LogP contribution is -1.95. The van der Waals surface area contributed by atoms with Gasteiger partial charge in [-0.1, -0.05) is 182 Å². The highest BCUT2D eigenvalue weighted by Crippen LogP contribution is 2.41. The molecule has 0 saturated heterocycles. The van der Waals surface area contributed by atoms with E-state index in [4.69, 9.17) is 0 Å². The zero-order valence-electron chi connectivity index (χ0n) is 34.0. The minimum Gasteiger partial charge on any atom is -0.309 e. The smallest absolute Gasteiger partial charge is 0.0547 e. The van der Waals surface area contributed by atoms with Crippen LogP contribution >= 0.6 is 0 Å². The molecule has 0 fully saturated rings. The maximum absolute atomic E-state index is 2.45. The lowest BCUT2D eigenvalue weighted by Gasteiger charge is -2.12. The van der Waals surface area contributed by atoms with Gasteiger partial charge in [-0.15, -0.1) is 0 Å². The van der Waals surface area contributed by atoms with Gasteiger partial charge in [0.2, 0.25) is 0 Å². The van der Waals surface area contributed by atoms with Gasteiger partial charge in [0.15, 0.2) is 0 Å². The van der Waals surface area contributed by atoms with E-state index in [-0.39, 0.29) is 0 Å². The van der Waals surface area contributed by atoms with Crippen molar-refractivity contribution < 1.29 is 0 Å². The first-order chi connectivity index (χ1) is 30.7. The second-order valence-electron chi connectivity index (χ2n) is 16.2. The van der Waals surface area contributed by atoms with Gasteiger partial charge >= 0.3 is 0 Å². The fourth-order valence-corrected chi connectivity index (χ4v) is 9.49. The Bertz CT molecular complexity index is 3360. The molecule has 0 aliphatic carbocycles. The zero-order chi connectivity index (χ0) is 41.0. The van der Waals surface area contributed by atoms with Crippen LogP contribution in [-0.4, -0.2) is 9.13 Å². The summed E-state index contributed by atoms with van der Waals surface area (Å²) in [6.45, 7) is 0. The molecule has 2 aromatic heterocycles. The van der Waals surface area contributed by atoms with Gasteiger partial charge in [-0.05, 0) is 116 Å². The van der Waals surface area contributed by atoms with E-state index in [9.17, 15) is 0 Å². The number of aromatic nitrogens is 2. The Morgan fingerprint density at radius 2 is 0.484 bits per heavy atom. The molecule has 290 valence electrons. The molecular formula is C60H40N2. The summed E-state index contributed by atoms with van der Waals surface area (Å²) in [6, 6.07) is 88.5. The minimum absolute atomic E-state index is 1.14. The first-order valence-corrected chi connectivity index (χ1v) is 21.3. The summed E-state index contributed by atoms with van der Waals surface area (Å²) >= 11 is 0. The number of hydrogen-bond donors (Lipinski definition) is 0. The van der Waals surface area contributed by atoms with Crippen molar-refractivity contribution in [3.8, 4) is 67.0 Å². The summed E-state index contributed by atoms with van der Waals surface area (Å²) in [6.07, 6.45) is 0. The molecule has 62 heavy (non-hydrogen) atoms. The van der Waals surface area contributed by atoms with Crippen LogP contribution in [0.25, 0.3) is 111 Å². The van der Waals surface area contributed by atoms with Gasteiger partial charge in [0.25, 0.3) is 0 Å². The third kappa shape index (κ3) is 6.12. The lowest BCUT2D eigenvalue weighted by molar-refractivity contribution is 1.18. The largest absolute Gasteiger partial charge is 0.309 e. The second kappa shape index (κ2) is 14.8. The first kappa shape index (κ1) is 35.7. The number of benzene rings is 10. The van der Waals surface area contributed by atoms with Gasteiger partial charge in [0.05, 0.1) is 22.1 Å². The van der Waals surface area contributed by atoms with Crippen LogP contribution in [0.2, 0.25) is 0 Å². The van der Waals surface area contributed by atoms with Crippen molar-refractivity contribution in [2.45, 2.75) is 0 Å². The SMILES string of the molecule is c1ccc(-c2cccc(-n3c4ccc(-c5ccccc5)cc4c4ccc(-c5ccc6c7cc(-c8ccccc8)ccc7n(-c7cccc(-c8ccccc8)c7)c6c5)cc43)c2)cc1. The van der Waals surface area contributed by atoms with Crippen molar-refractivity contribution in [1.82, 2.24) is 9.13 Å². The summed E-state index contributed by atoms with van der Waals surface area (Å²) in [5.41, 5.74) is 19.0. The normalized spacial score (nSPS) is 11.5. The van der Waals surface area contributed by atoms with Gasteiger partial charge in [-0.2, -0.15) is 0 Å². The van der Waals surface area contributed by atoms with E-state index in [1.807, 2.05) is 0 Å². The van der Waals surface area contributed by atoms with Crippen LogP contribution in [0.15, 0.2) is 243 Å². The molecule has 0 radical (unpaired) electrons. The van der Waals surface area contributed by atoms with Crippen LogP contribution in [0.3, 0.4) is 0 Å². The molecule has 10 aromatic carbocycles. The Balaban J connectivity index is 1.07. The van der Waals surface area contributed by atoms with E-state index in [2.05, 4.69) is 252 Å². The second-order valence-corrected chi connectivity index (χ2v) is 16.2. The molecule has 0 spiro atoms. The Morgan fingerprint density at radius 3 is 0.855 bits per heavy atom. The van der Waals surface area contributed by atoms with Crippen LogP contribution in [0, 0.1) is 0 Å². The predicted octanol–water partition coefficient (Wildman–Crippen LogP) is 16.2. The van der Waals surface area contributed by atoms with Crippen LogP contribution in [0.1, 0.15) is 0 Å². The number of nitrogens with zero attached hydrogens (tertiary/aromatic N) is 2. The molecule has 0 aliphatic rings. The molecule has 12 rings (SSSR count). The molecule has 0 N–H and O–H groups in total. The first-order valence-electron chi connectivity index (χ1n) is 21.3. The van der Waals surface area contributed by atoms with Crippen LogP contribution < -0.4 is 0 Å².